The number of pyridine rings is 1. The van der Waals surface area contributed by atoms with E-state index in [0.717, 1.165) is 11.9 Å². The van der Waals surface area contributed by atoms with Gasteiger partial charge in [0.15, 0.2) is 0 Å². The minimum Gasteiger partial charge on any atom is -0.360 e. The Labute approximate surface area is 65.3 Å². The zero-order chi connectivity index (χ0) is 7.68. The number of fused-ring (bicyclic) bond motifs is 1. The normalized spacial score (nSPS) is 10.6. The lowest BCUT2D eigenvalue weighted by atomic mass is 10.2. The van der Waals surface area contributed by atoms with Crippen molar-refractivity contribution in [2.24, 2.45) is 0 Å². The molecule has 0 saturated heterocycles. The maximum atomic E-state index is 4.03. The lowest BCUT2D eigenvalue weighted by molar-refractivity contribution is 1.15. The molecule has 0 aromatic carbocycles. The first-order valence-electron chi connectivity index (χ1n) is 3.82. The van der Waals surface area contributed by atoms with Gasteiger partial charge in [-0.25, -0.2) is 0 Å². The Bertz CT molecular complexity index is 362. The number of rotatable bonds is 1. The summed E-state index contributed by atoms with van der Waals surface area (Å²) in [5.74, 6) is 0. The topological polar surface area (TPSA) is 28.7 Å². The first kappa shape index (κ1) is 6.40. The lowest BCUT2D eigenvalue weighted by Gasteiger charge is -1.90. The van der Waals surface area contributed by atoms with Crippen molar-refractivity contribution in [1.82, 2.24) is 9.97 Å². The van der Waals surface area contributed by atoms with Gasteiger partial charge in [0.05, 0.1) is 11.7 Å². The summed E-state index contributed by atoms with van der Waals surface area (Å²) in [6.45, 7) is 2.16. The Morgan fingerprint density at radius 1 is 1.55 bits per heavy atom. The van der Waals surface area contributed by atoms with E-state index in [2.05, 4.69) is 16.9 Å². The number of aromatic nitrogens is 2. The Morgan fingerprint density at radius 3 is 3.27 bits per heavy atom. The van der Waals surface area contributed by atoms with E-state index in [0.29, 0.717) is 0 Å². The highest BCUT2D eigenvalue weighted by Gasteiger charge is 1.98. The molecule has 0 saturated carbocycles. The van der Waals surface area contributed by atoms with Gasteiger partial charge in [0.25, 0.3) is 0 Å². The Morgan fingerprint density at radius 2 is 2.45 bits per heavy atom. The van der Waals surface area contributed by atoms with Gasteiger partial charge in [-0.15, -0.1) is 0 Å². The van der Waals surface area contributed by atoms with Crippen LogP contribution in [0.4, 0.5) is 0 Å². The van der Waals surface area contributed by atoms with E-state index in [4.69, 9.17) is 0 Å². The van der Waals surface area contributed by atoms with Crippen LogP contribution in [0.2, 0.25) is 0 Å². The first-order chi connectivity index (χ1) is 5.42. The largest absolute Gasteiger partial charge is 0.360 e. The van der Waals surface area contributed by atoms with Crippen molar-refractivity contribution < 1.29 is 0 Å². The Kier molecular flexibility index (Phi) is 1.39. The van der Waals surface area contributed by atoms with Gasteiger partial charge >= 0.3 is 0 Å². The fourth-order valence-electron chi connectivity index (χ4n) is 1.32. The fraction of sp³-hybridized carbons (Fsp3) is 0.222. The molecule has 0 bridgehead atoms. The molecule has 0 aliphatic heterocycles. The molecule has 2 heterocycles. The van der Waals surface area contributed by atoms with Gasteiger partial charge in [-0.3, -0.25) is 4.98 Å². The van der Waals surface area contributed by atoms with Crippen molar-refractivity contribution in [1.29, 1.82) is 0 Å². The molecule has 2 heteroatoms. The van der Waals surface area contributed by atoms with Gasteiger partial charge in [-0.2, -0.15) is 0 Å². The number of hydrogen-bond acceptors (Lipinski definition) is 1. The van der Waals surface area contributed by atoms with Crippen molar-refractivity contribution in [2.45, 2.75) is 13.3 Å². The monoisotopic (exact) mass is 146 g/mol. The third kappa shape index (κ3) is 0.909. The van der Waals surface area contributed by atoms with Gasteiger partial charge in [-0.05, 0) is 18.1 Å². The zero-order valence-electron chi connectivity index (χ0n) is 6.46. The standard InChI is InChI=1S/C9H10N2/c1-2-7-5-11-9-6-10-4-3-8(7)9/h3-6,11H,2H2,1H3. The molecule has 2 rings (SSSR count). The average Bonchev–Trinajstić information content (AvgIpc) is 2.47. The number of H-pyrrole nitrogens is 1. The summed E-state index contributed by atoms with van der Waals surface area (Å²) >= 11 is 0. The highest BCUT2D eigenvalue weighted by Crippen LogP contribution is 2.16. The smallest absolute Gasteiger partial charge is 0.0643 e. The maximum Gasteiger partial charge on any atom is 0.0643 e. The molecule has 0 atom stereocenters. The maximum absolute atomic E-state index is 4.03. The molecule has 0 spiro atoms. The summed E-state index contributed by atoms with van der Waals surface area (Å²) in [6.07, 6.45) is 6.81. The molecule has 0 unspecified atom stereocenters. The van der Waals surface area contributed by atoms with E-state index >= 15 is 0 Å². The molecule has 56 valence electrons. The molecule has 0 radical (unpaired) electrons. The number of hydrogen-bond donors (Lipinski definition) is 1. The van der Waals surface area contributed by atoms with E-state index in [1.54, 1.807) is 0 Å². The van der Waals surface area contributed by atoms with Gasteiger partial charge in [-0.1, -0.05) is 6.92 Å². The van der Waals surface area contributed by atoms with Crippen LogP contribution in [0, 0.1) is 0 Å². The molecule has 0 fully saturated rings. The number of nitrogens with zero attached hydrogens (tertiary/aromatic N) is 1. The third-order valence-electron chi connectivity index (χ3n) is 1.95. The first-order valence-corrected chi connectivity index (χ1v) is 3.82. The van der Waals surface area contributed by atoms with Crippen molar-refractivity contribution in [3.8, 4) is 0 Å². The molecular weight excluding hydrogens is 136 g/mol. The minimum absolute atomic E-state index is 1.07. The summed E-state index contributed by atoms with van der Waals surface area (Å²) in [7, 11) is 0. The van der Waals surface area contributed by atoms with Gasteiger partial charge < -0.3 is 4.98 Å². The van der Waals surface area contributed by atoms with Crippen LogP contribution in [0.3, 0.4) is 0 Å². The molecule has 11 heavy (non-hydrogen) atoms. The van der Waals surface area contributed by atoms with Crippen LogP contribution < -0.4 is 0 Å². The predicted molar refractivity (Wildman–Crippen MR) is 45.5 cm³/mol. The van der Waals surface area contributed by atoms with Gasteiger partial charge in [0.1, 0.15) is 0 Å². The molecule has 2 nitrogen and oxygen atoms in total. The van der Waals surface area contributed by atoms with Crippen LogP contribution >= 0.6 is 0 Å². The van der Waals surface area contributed by atoms with E-state index in [1.807, 2.05) is 24.7 Å². The van der Waals surface area contributed by atoms with E-state index in [9.17, 15) is 0 Å². The minimum atomic E-state index is 1.07. The summed E-state index contributed by atoms with van der Waals surface area (Å²) in [4.78, 5) is 7.21. The van der Waals surface area contributed by atoms with Crippen molar-refractivity contribution >= 4 is 10.9 Å². The second kappa shape index (κ2) is 2.38. The van der Waals surface area contributed by atoms with Crippen LogP contribution in [0.1, 0.15) is 12.5 Å². The van der Waals surface area contributed by atoms with Crippen LogP contribution in [0.25, 0.3) is 10.9 Å². The summed E-state index contributed by atoms with van der Waals surface area (Å²) in [6, 6.07) is 2.05. The fourth-order valence-corrected chi connectivity index (χ4v) is 1.32. The molecule has 2 aromatic rings. The van der Waals surface area contributed by atoms with E-state index in [1.165, 1.54) is 10.9 Å². The van der Waals surface area contributed by atoms with Gasteiger partial charge in [0, 0.05) is 17.8 Å². The number of aromatic amines is 1. The lowest BCUT2D eigenvalue weighted by Crippen LogP contribution is -1.75. The summed E-state index contributed by atoms with van der Waals surface area (Å²) in [5.41, 5.74) is 2.49. The van der Waals surface area contributed by atoms with Crippen LogP contribution in [0.15, 0.2) is 24.7 Å². The zero-order valence-corrected chi connectivity index (χ0v) is 6.46. The molecule has 0 aliphatic rings. The summed E-state index contributed by atoms with van der Waals surface area (Å²) in [5, 5.41) is 1.29. The predicted octanol–water partition coefficient (Wildman–Crippen LogP) is 2.13. The number of nitrogens with one attached hydrogen (secondary N) is 1. The Balaban J connectivity index is 2.76. The molecule has 1 N–H and O–H groups in total. The Hall–Kier alpha value is -1.31. The molecule has 0 amide bonds. The SMILES string of the molecule is CCc1c[nH]c2cnccc12. The van der Waals surface area contributed by atoms with Crippen molar-refractivity contribution in [3.05, 3.63) is 30.2 Å². The van der Waals surface area contributed by atoms with Crippen LogP contribution in [0.5, 0.6) is 0 Å². The highest BCUT2D eigenvalue weighted by atomic mass is 14.7. The quantitative estimate of drug-likeness (QED) is 0.656. The summed E-state index contributed by atoms with van der Waals surface area (Å²) < 4.78 is 0. The second-order valence-electron chi connectivity index (χ2n) is 2.59. The van der Waals surface area contributed by atoms with E-state index in [-0.39, 0.29) is 0 Å². The molecular formula is C9H10N2. The van der Waals surface area contributed by atoms with Gasteiger partial charge in [0.2, 0.25) is 0 Å². The van der Waals surface area contributed by atoms with Crippen LogP contribution in [-0.4, -0.2) is 9.97 Å². The molecule has 0 aliphatic carbocycles. The van der Waals surface area contributed by atoms with Crippen LogP contribution in [-0.2, 0) is 6.42 Å². The van der Waals surface area contributed by atoms with Crippen molar-refractivity contribution in [2.75, 3.05) is 0 Å². The highest BCUT2D eigenvalue weighted by molar-refractivity contribution is 5.81. The van der Waals surface area contributed by atoms with E-state index < -0.39 is 0 Å². The molecule has 2 aromatic heterocycles. The second-order valence-corrected chi connectivity index (χ2v) is 2.59. The number of aryl methyl sites for hydroxylation is 1. The third-order valence-corrected chi connectivity index (χ3v) is 1.95. The average molecular weight is 146 g/mol. The van der Waals surface area contributed by atoms with Crippen molar-refractivity contribution in [3.63, 3.8) is 0 Å².